The normalized spacial score (nSPS) is 12.7. The molecule has 0 saturated heterocycles. The Morgan fingerprint density at radius 2 is 1.18 bits per heavy atom. The van der Waals surface area contributed by atoms with Crippen molar-refractivity contribution in [2.75, 3.05) is 26.7 Å². The first-order chi connectivity index (χ1) is 16.8. The molecular formula is C18H41F11O5Si4. The molecule has 0 aromatic carbocycles. The molecule has 0 fully saturated rings. The lowest BCUT2D eigenvalue weighted by molar-refractivity contribution is -0.167. The average molecular weight is 659 g/mol. The van der Waals surface area contributed by atoms with Gasteiger partial charge in [0.05, 0.1) is 19.6 Å². The maximum Gasteiger partial charge on any atom is 0.416 e. The summed E-state index contributed by atoms with van der Waals surface area (Å²) in [7, 11) is -6.47. The molecule has 0 N–H and O–H groups in total. The Bertz CT molecular complexity index is 529. The topological polar surface area (TPSA) is 46.2 Å². The van der Waals surface area contributed by atoms with E-state index >= 15 is 0 Å². The van der Waals surface area contributed by atoms with E-state index in [-0.39, 0.29) is 13.2 Å². The summed E-state index contributed by atoms with van der Waals surface area (Å²) in [5.74, 6) is 0. The minimum Gasteiger partial charge on any atom is -0.439 e. The van der Waals surface area contributed by atoms with E-state index in [4.69, 9.17) is 21.5 Å². The lowest BCUT2D eigenvalue weighted by atomic mass is 10.4. The van der Waals surface area contributed by atoms with Crippen LogP contribution in [0.4, 0.5) is 48.8 Å². The largest absolute Gasteiger partial charge is 0.439 e. The molecule has 0 aliphatic heterocycles. The van der Waals surface area contributed by atoms with Gasteiger partial charge in [-0.1, -0.05) is 6.08 Å². The first-order valence-electron chi connectivity index (χ1n) is 10.7. The van der Waals surface area contributed by atoms with Crippen LogP contribution in [0.15, 0.2) is 12.7 Å². The van der Waals surface area contributed by atoms with E-state index in [9.17, 15) is 39.6 Å². The van der Waals surface area contributed by atoms with Crippen LogP contribution in [0.3, 0.4) is 0 Å². The highest BCUT2D eigenvalue weighted by Crippen LogP contribution is 2.19. The van der Waals surface area contributed by atoms with E-state index < -0.39 is 66.8 Å². The number of alkyl halides is 8. The molecule has 20 heteroatoms. The molecule has 0 aliphatic carbocycles. The fourth-order valence-electron chi connectivity index (χ4n) is 2.04. The zero-order valence-corrected chi connectivity index (χ0v) is 27.3. The molecule has 1 atom stereocenters. The van der Waals surface area contributed by atoms with Gasteiger partial charge in [0.15, 0.2) is 23.3 Å². The molecule has 38 heavy (non-hydrogen) atoms. The highest BCUT2D eigenvalue weighted by Gasteiger charge is 2.34. The lowest BCUT2D eigenvalue weighted by Crippen LogP contribution is -2.49. The maximum atomic E-state index is 11.4. The van der Waals surface area contributed by atoms with Gasteiger partial charge < -0.3 is 17.1 Å². The molecule has 0 bridgehead atoms. The van der Waals surface area contributed by atoms with Crippen LogP contribution in [-0.4, -0.2) is 73.6 Å². The van der Waals surface area contributed by atoms with Crippen molar-refractivity contribution >= 4 is 34.5 Å². The van der Waals surface area contributed by atoms with Crippen LogP contribution >= 0.6 is 0 Å². The SMILES string of the molecule is C=CCOCCC(F)(F)F.C[SiH](O[Si](C)(C)C)O[Si](C)(C)O[Si](C)(C)C.FCC(F)(F)F.FCOF.FF. The van der Waals surface area contributed by atoms with Crippen molar-refractivity contribution in [1.82, 2.24) is 0 Å². The molecule has 0 aliphatic rings. The summed E-state index contributed by atoms with van der Waals surface area (Å²) in [6, 6.07) is 0. The molecule has 0 aromatic rings. The summed E-state index contributed by atoms with van der Waals surface area (Å²) in [6.45, 7) is 19.2. The molecule has 0 radical (unpaired) electrons. The Balaban J connectivity index is -0.000000140. The third-order valence-electron chi connectivity index (χ3n) is 2.48. The van der Waals surface area contributed by atoms with Crippen LogP contribution in [0.5, 0.6) is 0 Å². The van der Waals surface area contributed by atoms with Crippen molar-refractivity contribution in [3.8, 4) is 0 Å². The third kappa shape index (κ3) is 60.3. The van der Waals surface area contributed by atoms with Crippen LogP contribution in [0.25, 0.3) is 0 Å². The summed E-state index contributed by atoms with van der Waals surface area (Å²) in [5, 5.41) is 0. The smallest absolute Gasteiger partial charge is 0.416 e. The molecule has 0 amide bonds. The van der Waals surface area contributed by atoms with E-state index in [1.54, 1.807) is 0 Å². The molecule has 0 heterocycles. The van der Waals surface area contributed by atoms with Crippen molar-refractivity contribution in [2.45, 2.75) is 77.7 Å². The number of hydrogen-bond acceptors (Lipinski definition) is 5. The summed E-state index contributed by atoms with van der Waals surface area (Å²) in [6.07, 6.45) is -8.21. The van der Waals surface area contributed by atoms with Crippen molar-refractivity contribution in [3.05, 3.63) is 12.7 Å². The predicted octanol–water partition coefficient (Wildman–Crippen LogP) is 8.57. The highest BCUT2D eigenvalue weighted by molar-refractivity contribution is 6.84. The average Bonchev–Trinajstić information content (AvgIpc) is 2.69. The summed E-state index contributed by atoms with van der Waals surface area (Å²) in [4.78, 5) is 2.38. The Hall–Kier alpha value is -0.362. The van der Waals surface area contributed by atoms with Crippen molar-refractivity contribution in [3.63, 3.8) is 0 Å². The van der Waals surface area contributed by atoms with Crippen LogP contribution in [0.1, 0.15) is 6.42 Å². The van der Waals surface area contributed by atoms with Crippen LogP contribution in [0, 0.1) is 0 Å². The Morgan fingerprint density at radius 1 is 0.789 bits per heavy atom. The predicted molar refractivity (Wildman–Crippen MR) is 135 cm³/mol. The Kier molecular flexibility index (Phi) is 30.5. The molecule has 1 unspecified atom stereocenters. The minimum absolute atomic E-state index is 0.177. The van der Waals surface area contributed by atoms with Gasteiger partial charge in [0.2, 0.25) is 6.86 Å². The van der Waals surface area contributed by atoms with Gasteiger partial charge in [0.1, 0.15) is 0 Å². The summed E-state index contributed by atoms with van der Waals surface area (Å²) < 4.78 is 134. The monoisotopic (exact) mass is 658 g/mol. The summed E-state index contributed by atoms with van der Waals surface area (Å²) >= 11 is 0. The van der Waals surface area contributed by atoms with Gasteiger partial charge in [-0.2, -0.15) is 31.3 Å². The molecule has 0 saturated carbocycles. The fraction of sp³-hybridized carbons (Fsp3) is 0.889. The zero-order chi connectivity index (χ0) is 31.9. The minimum atomic E-state index is -4.62. The Labute approximate surface area is 222 Å². The van der Waals surface area contributed by atoms with Gasteiger partial charge in [-0.05, 0) is 63.4 Å². The molecule has 0 rings (SSSR count). The standard InChI is InChI=1S/C9H28O3Si4.C6H9F3O.C2H2F4.CH2F2O.F2/c1-13(10-14(2,3)4)11-16(8,9)12-15(5,6)7;1-2-4-10-5-3-6(7,8)9;3-1-2(4,5)6;2-1-4-3;1-2/h13H,1-9H3;2H,1,3-5H2;1H2;1H2;. The van der Waals surface area contributed by atoms with E-state index in [2.05, 4.69) is 75.2 Å². The maximum absolute atomic E-state index is 11.4. The van der Waals surface area contributed by atoms with E-state index in [0.29, 0.717) is 0 Å². The van der Waals surface area contributed by atoms with Gasteiger partial charge >= 0.3 is 20.9 Å². The molecule has 5 nitrogen and oxygen atoms in total. The molecule has 0 spiro atoms. The molecule has 0 aromatic heterocycles. The molecular weight excluding hydrogens is 618 g/mol. The van der Waals surface area contributed by atoms with Crippen LogP contribution in [0.2, 0.25) is 58.9 Å². The number of hydrogen-bond donors (Lipinski definition) is 0. The van der Waals surface area contributed by atoms with Crippen molar-refractivity contribution < 1.29 is 70.8 Å². The summed E-state index contributed by atoms with van der Waals surface area (Å²) in [5.41, 5.74) is 0. The first kappa shape index (κ1) is 47.4. The van der Waals surface area contributed by atoms with Crippen molar-refractivity contribution in [2.24, 2.45) is 0 Å². The van der Waals surface area contributed by atoms with Crippen LogP contribution in [-0.2, 0) is 22.0 Å². The lowest BCUT2D eigenvalue weighted by Gasteiger charge is -2.34. The number of rotatable bonds is 11. The zero-order valence-electron chi connectivity index (χ0n) is 23.1. The van der Waals surface area contributed by atoms with Gasteiger partial charge in [-0.3, -0.25) is 0 Å². The van der Waals surface area contributed by atoms with Gasteiger partial charge in [-0.15, -0.1) is 6.58 Å². The highest BCUT2D eigenvalue weighted by atomic mass is 28.5. The van der Waals surface area contributed by atoms with Gasteiger partial charge in [0, 0.05) is 9.15 Å². The van der Waals surface area contributed by atoms with Crippen LogP contribution < -0.4 is 0 Å². The quantitative estimate of drug-likeness (QED) is 0.0964. The van der Waals surface area contributed by atoms with Gasteiger partial charge in [0.25, 0.3) is 9.28 Å². The Morgan fingerprint density at radius 3 is 1.42 bits per heavy atom. The third-order valence-corrected chi connectivity index (χ3v) is 14.6. The second kappa shape index (κ2) is 24.4. The number of halogens is 11. The van der Waals surface area contributed by atoms with E-state index in [1.165, 1.54) is 6.08 Å². The molecule has 236 valence electrons. The second-order valence-corrected chi connectivity index (χ2v) is 24.3. The van der Waals surface area contributed by atoms with E-state index in [1.807, 2.05) is 0 Å². The first-order valence-corrected chi connectivity index (χ1v) is 22.5. The fourth-order valence-corrected chi connectivity index (χ4v) is 16.4. The van der Waals surface area contributed by atoms with E-state index in [0.717, 1.165) is 0 Å². The van der Waals surface area contributed by atoms with Crippen molar-refractivity contribution in [1.29, 1.82) is 0 Å². The second-order valence-electron chi connectivity index (χ2n) is 9.23. The number of ether oxygens (including phenoxy) is 1. The van der Waals surface area contributed by atoms with Gasteiger partial charge in [-0.25, -0.2) is 8.78 Å².